The molecular formula is C14H19N3O. The Bertz CT molecular complexity index is 490. The summed E-state index contributed by atoms with van der Waals surface area (Å²) in [6, 6.07) is 9.99. The summed E-state index contributed by atoms with van der Waals surface area (Å²) in [5.41, 5.74) is 8.02. The molecule has 0 aliphatic heterocycles. The summed E-state index contributed by atoms with van der Waals surface area (Å²) in [7, 11) is 1.89. The number of benzene rings is 1. The van der Waals surface area contributed by atoms with Gasteiger partial charge in [-0.1, -0.05) is 19.1 Å². The van der Waals surface area contributed by atoms with Crippen LogP contribution in [0, 0.1) is 0 Å². The number of rotatable bonds is 5. The van der Waals surface area contributed by atoms with Crippen LogP contribution in [0.5, 0.6) is 5.75 Å². The highest BCUT2D eigenvalue weighted by Crippen LogP contribution is 2.18. The quantitative estimate of drug-likeness (QED) is 0.880. The van der Waals surface area contributed by atoms with Gasteiger partial charge in [0.25, 0.3) is 0 Å². The summed E-state index contributed by atoms with van der Waals surface area (Å²) in [5.74, 6) is 0.840. The molecule has 96 valence electrons. The van der Waals surface area contributed by atoms with E-state index in [0.29, 0.717) is 6.61 Å². The van der Waals surface area contributed by atoms with E-state index in [-0.39, 0.29) is 6.04 Å². The highest BCUT2D eigenvalue weighted by Gasteiger charge is 2.03. The monoisotopic (exact) mass is 245 g/mol. The van der Waals surface area contributed by atoms with Gasteiger partial charge in [0, 0.05) is 19.3 Å². The van der Waals surface area contributed by atoms with Crippen molar-refractivity contribution in [2.24, 2.45) is 12.8 Å². The molecule has 2 aromatic rings. The van der Waals surface area contributed by atoms with Crippen LogP contribution in [0.15, 0.2) is 36.5 Å². The van der Waals surface area contributed by atoms with Crippen LogP contribution in [-0.4, -0.2) is 9.78 Å². The molecule has 1 unspecified atom stereocenters. The van der Waals surface area contributed by atoms with Crippen LogP contribution in [0.25, 0.3) is 0 Å². The first kappa shape index (κ1) is 12.6. The molecule has 0 radical (unpaired) electrons. The fourth-order valence-corrected chi connectivity index (χ4v) is 1.74. The molecule has 0 amide bonds. The number of ether oxygens (including phenoxy) is 1. The minimum atomic E-state index is 0.106. The molecule has 1 aromatic carbocycles. The maximum absolute atomic E-state index is 5.96. The average Bonchev–Trinajstić information content (AvgIpc) is 2.82. The zero-order valence-electron chi connectivity index (χ0n) is 10.8. The van der Waals surface area contributed by atoms with Crippen molar-refractivity contribution in [3.63, 3.8) is 0 Å². The molecule has 0 bridgehead atoms. The third kappa shape index (κ3) is 3.11. The van der Waals surface area contributed by atoms with Gasteiger partial charge in [-0.05, 0) is 30.2 Å². The average molecular weight is 245 g/mol. The van der Waals surface area contributed by atoms with Crippen molar-refractivity contribution in [2.45, 2.75) is 26.0 Å². The Morgan fingerprint density at radius 2 is 2.00 bits per heavy atom. The molecule has 4 heteroatoms. The van der Waals surface area contributed by atoms with E-state index in [1.54, 1.807) is 4.68 Å². The Hall–Kier alpha value is -1.81. The van der Waals surface area contributed by atoms with Crippen molar-refractivity contribution in [1.29, 1.82) is 0 Å². The van der Waals surface area contributed by atoms with Gasteiger partial charge in [-0.2, -0.15) is 5.10 Å². The van der Waals surface area contributed by atoms with Crippen LogP contribution >= 0.6 is 0 Å². The van der Waals surface area contributed by atoms with Gasteiger partial charge in [0.1, 0.15) is 12.4 Å². The maximum Gasteiger partial charge on any atom is 0.132 e. The maximum atomic E-state index is 5.96. The summed E-state index contributed by atoms with van der Waals surface area (Å²) < 4.78 is 7.42. The number of nitrogens with zero attached hydrogens (tertiary/aromatic N) is 2. The van der Waals surface area contributed by atoms with Crippen molar-refractivity contribution in [3.05, 3.63) is 47.8 Å². The number of nitrogens with two attached hydrogens (primary N) is 1. The first-order valence-electron chi connectivity index (χ1n) is 6.16. The second-order valence-electron chi connectivity index (χ2n) is 4.35. The predicted octanol–water partition coefficient (Wildman–Crippen LogP) is 2.41. The van der Waals surface area contributed by atoms with Gasteiger partial charge < -0.3 is 10.5 Å². The van der Waals surface area contributed by atoms with E-state index in [0.717, 1.165) is 23.4 Å². The molecule has 1 aromatic heterocycles. The molecular weight excluding hydrogens is 226 g/mol. The van der Waals surface area contributed by atoms with Gasteiger partial charge >= 0.3 is 0 Å². The van der Waals surface area contributed by atoms with Crippen molar-refractivity contribution < 1.29 is 4.74 Å². The lowest BCUT2D eigenvalue weighted by molar-refractivity contribution is 0.300. The van der Waals surface area contributed by atoms with Gasteiger partial charge in [0.15, 0.2) is 0 Å². The lowest BCUT2D eigenvalue weighted by Crippen LogP contribution is -2.08. The first-order chi connectivity index (χ1) is 8.69. The fourth-order valence-electron chi connectivity index (χ4n) is 1.74. The largest absolute Gasteiger partial charge is 0.487 e. The van der Waals surface area contributed by atoms with Gasteiger partial charge in [-0.15, -0.1) is 0 Å². The second-order valence-corrected chi connectivity index (χ2v) is 4.35. The van der Waals surface area contributed by atoms with Crippen molar-refractivity contribution >= 4 is 0 Å². The molecule has 0 aliphatic rings. The second kappa shape index (κ2) is 5.69. The van der Waals surface area contributed by atoms with Crippen LogP contribution in [0.3, 0.4) is 0 Å². The summed E-state index contributed by atoms with van der Waals surface area (Å²) in [6.07, 6.45) is 2.84. The lowest BCUT2D eigenvalue weighted by atomic mass is 10.1. The summed E-state index contributed by atoms with van der Waals surface area (Å²) in [6.45, 7) is 2.57. The number of aromatic nitrogens is 2. The summed E-state index contributed by atoms with van der Waals surface area (Å²) in [5, 5.41) is 4.26. The highest BCUT2D eigenvalue weighted by atomic mass is 16.5. The smallest absolute Gasteiger partial charge is 0.132 e. The molecule has 1 atom stereocenters. The number of hydrogen-bond acceptors (Lipinski definition) is 3. The Balaban J connectivity index is 1.94. The van der Waals surface area contributed by atoms with E-state index in [9.17, 15) is 0 Å². The van der Waals surface area contributed by atoms with Gasteiger partial charge in [0.05, 0.1) is 5.69 Å². The molecule has 0 spiro atoms. The molecule has 18 heavy (non-hydrogen) atoms. The minimum Gasteiger partial charge on any atom is -0.487 e. The third-order valence-corrected chi connectivity index (χ3v) is 2.90. The van der Waals surface area contributed by atoms with Crippen LogP contribution in [0.1, 0.15) is 30.6 Å². The van der Waals surface area contributed by atoms with Gasteiger partial charge in [-0.3, -0.25) is 4.68 Å². The molecule has 2 N–H and O–H groups in total. The SMILES string of the molecule is CCC(N)c1ccc(OCc2ccn(C)n2)cc1. The Morgan fingerprint density at radius 1 is 1.28 bits per heavy atom. The molecule has 0 saturated carbocycles. The van der Waals surface area contributed by atoms with Gasteiger partial charge in [0.2, 0.25) is 0 Å². The minimum absolute atomic E-state index is 0.106. The van der Waals surface area contributed by atoms with Crippen LogP contribution < -0.4 is 10.5 Å². The highest BCUT2D eigenvalue weighted by molar-refractivity contribution is 5.29. The van der Waals surface area contributed by atoms with Crippen LogP contribution in [-0.2, 0) is 13.7 Å². The number of hydrogen-bond donors (Lipinski definition) is 1. The van der Waals surface area contributed by atoms with Crippen molar-refractivity contribution in [3.8, 4) is 5.75 Å². The molecule has 1 heterocycles. The van der Waals surface area contributed by atoms with Crippen molar-refractivity contribution in [2.75, 3.05) is 0 Å². The molecule has 0 fully saturated rings. The molecule has 0 aliphatic carbocycles. The Kier molecular flexibility index (Phi) is 3.99. The molecule has 4 nitrogen and oxygen atoms in total. The van der Waals surface area contributed by atoms with E-state index in [1.807, 2.05) is 43.6 Å². The van der Waals surface area contributed by atoms with E-state index in [2.05, 4.69) is 12.0 Å². The predicted molar refractivity (Wildman–Crippen MR) is 71.2 cm³/mol. The first-order valence-corrected chi connectivity index (χ1v) is 6.16. The summed E-state index contributed by atoms with van der Waals surface area (Å²) in [4.78, 5) is 0. The van der Waals surface area contributed by atoms with Crippen LogP contribution in [0.4, 0.5) is 0 Å². The van der Waals surface area contributed by atoms with E-state index >= 15 is 0 Å². The van der Waals surface area contributed by atoms with E-state index in [4.69, 9.17) is 10.5 Å². The van der Waals surface area contributed by atoms with E-state index in [1.165, 1.54) is 0 Å². The third-order valence-electron chi connectivity index (χ3n) is 2.90. The van der Waals surface area contributed by atoms with E-state index < -0.39 is 0 Å². The fraction of sp³-hybridized carbons (Fsp3) is 0.357. The normalized spacial score (nSPS) is 12.4. The topological polar surface area (TPSA) is 53.1 Å². The standard InChI is InChI=1S/C14H19N3O/c1-3-14(15)11-4-6-13(7-5-11)18-10-12-8-9-17(2)16-12/h4-9,14H,3,10,15H2,1-2H3. The lowest BCUT2D eigenvalue weighted by Gasteiger charge is -2.10. The Morgan fingerprint density at radius 3 is 2.56 bits per heavy atom. The Labute approximate surface area is 107 Å². The zero-order chi connectivity index (χ0) is 13.0. The van der Waals surface area contributed by atoms with Gasteiger partial charge in [-0.25, -0.2) is 0 Å². The zero-order valence-corrected chi connectivity index (χ0v) is 10.8. The summed E-state index contributed by atoms with van der Waals surface area (Å²) >= 11 is 0. The molecule has 2 rings (SSSR count). The van der Waals surface area contributed by atoms with Crippen molar-refractivity contribution in [1.82, 2.24) is 9.78 Å². The number of aryl methyl sites for hydroxylation is 1. The molecule has 0 saturated heterocycles. The van der Waals surface area contributed by atoms with Crippen LogP contribution in [0.2, 0.25) is 0 Å².